The fourth-order valence-corrected chi connectivity index (χ4v) is 7.44. The minimum Gasteiger partial charge on any atom is -0.309 e. The number of benzene rings is 8. The van der Waals surface area contributed by atoms with Crippen LogP contribution in [0.25, 0.3) is 94.7 Å². The molecule has 0 N–H and O–H groups in total. The molecule has 0 aliphatic carbocycles. The minimum absolute atomic E-state index is 0.642. The molecule has 4 nitrogen and oxygen atoms in total. The molecule has 0 fully saturated rings. The molecule has 2 heterocycles. The van der Waals surface area contributed by atoms with Crippen molar-refractivity contribution in [2.75, 3.05) is 0 Å². The third-order valence-corrected chi connectivity index (χ3v) is 10.1. The van der Waals surface area contributed by atoms with Crippen LogP contribution < -0.4 is 0 Å². The van der Waals surface area contributed by atoms with Crippen LogP contribution in [0.3, 0.4) is 0 Å². The van der Waals surface area contributed by atoms with Gasteiger partial charge in [-0.25, -0.2) is 15.0 Å². The molecule has 0 saturated carbocycles. The molecule has 248 valence electrons. The summed E-state index contributed by atoms with van der Waals surface area (Å²) in [5.74, 6) is 1.95. The maximum Gasteiger partial charge on any atom is 0.164 e. The smallest absolute Gasteiger partial charge is 0.164 e. The largest absolute Gasteiger partial charge is 0.309 e. The SMILES string of the molecule is c1ccc(-c2ccc(-c3ccc4c(ccc5c4c4ccccc4n5-c4ccc(-c5nc(-c6ccccc6)nc(-c6ccccc6)n5)cc4)c3)cc2)cc1. The molecular weight excluding hydrogens is 645 g/mol. The molecule has 0 radical (unpaired) electrons. The van der Waals surface area contributed by atoms with E-state index in [0.717, 1.165) is 22.4 Å². The normalized spacial score (nSPS) is 11.4. The summed E-state index contributed by atoms with van der Waals surface area (Å²) in [4.78, 5) is 14.7. The van der Waals surface area contributed by atoms with E-state index in [1.807, 2.05) is 60.7 Å². The number of nitrogens with zero attached hydrogens (tertiary/aromatic N) is 4. The number of hydrogen-bond acceptors (Lipinski definition) is 3. The zero-order chi connectivity index (χ0) is 35.1. The van der Waals surface area contributed by atoms with Crippen LogP contribution in [0.4, 0.5) is 0 Å². The Morgan fingerprint density at radius 3 is 1.36 bits per heavy atom. The van der Waals surface area contributed by atoms with E-state index < -0.39 is 0 Å². The van der Waals surface area contributed by atoms with Gasteiger partial charge in [0, 0.05) is 33.2 Å². The average Bonchev–Trinajstić information content (AvgIpc) is 3.59. The van der Waals surface area contributed by atoms with Gasteiger partial charge in [0.2, 0.25) is 0 Å². The summed E-state index contributed by atoms with van der Waals surface area (Å²) in [7, 11) is 0. The lowest BCUT2D eigenvalue weighted by atomic mass is 9.97. The molecule has 10 aromatic rings. The van der Waals surface area contributed by atoms with Gasteiger partial charge in [0.25, 0.3) is 0 Å². The highest BCUT2D eigenvalue weighted by Crippen LogP contribution is 2.38. The highest BCUT2D eigenvalue weighted by molar-refractivity contribution is 6.21. The van der Waals surface area contributed by atoms with Gasteiger partial charge in [-0.05, 0) is 75.5 Å². The number of rotatable bonds is 6. The molecule has 0 unspecified atom stereocenters. The lowest BCUT2D eigenvalue weighted by molar-refractivity contribution is 1.07. The highest BCUT2D eigenvalue weighted by Gasteiger charge is 2.17. The predicted octanol–water partition coefficient (Wildman–Crippen LogP) is 12.5. The van der Waals surface area contributed by atoms with E-state index in [9.17, 15) is 0 Å². The van der Waals surface area contributed by atoms with E-state index in [2.05, 4.69) is 138 Å². The van der Waals surface area contributed by atoms with Crippen molar-refractivity contribution in [1.82, 2.24) is 19.5 Å². The fraction of sp³-hybridized carbons (Fsp3) is 0. The summed E-state index contributed by atoms with van der Waals surface area (Å²) < 4.78 is 2.36. The first-order valence-corrected chi connectivity index (χ1v) is 17.9. The van der Waals surface area contributed by atoms with E-state index in [1.54, 1.807) is 0 Å². The molecule has 0 saturated heterocycles. The summed E-state index contributed by atoms with van der Waals surface area (Å²) in [6.07, 6.45) is 0. The van der Waals surface area contributed by atoms with E-state index in [-0.39, 0.29) is 0 Å². The molecule has 0 aliphatic rings. The van der Waals surface area contributed by atoms with Gasteiger partial charge in [0.15, 0.2) is 17.5 Å². The van der Waals surface area contributed by atoms with Crippen molar-refractivity contribution >= 4 is 32.6 Å². The summed E-state index contributed by atoms with van der Waals surface area (Å²) in [5.41, 5.74) is 11.1. The summed E-state index contributed by atoms with van der Waals surface area (Å²) in [6, 6.07) is 68.2. The first kappa shape index (κ1) is 30.6. The van der Waals surface area contributed by atoms with Gasteiger partial charge in [0.05, 0.1) is 11.0 Å². The maximum absolute atomic E-state index is 4.94. The van der Waals surface area contributed by atoms with Gasteiger partial charge in [-0.15, -0.1) is 0 Å². The van der Waals surface area contributed by atoms with E-state index in [4.69, 9.17) is 15.0 Å². The fourth-order valence-electron chi connectivity index (χ4n) is 7.44. The standard InChI is InChI=1S/C49H32N4/c1-4-12-33(13-5-1)34-20-22-35(23-21-34)39-26-30-42-40(32-39)27-31-45-46(42)43-18-10-11-19-44(43)53(45)41-28-24-38(25-29-41)49-51-47(36-14-6-2-7-15-36)50-48(52-49)37-16-8-3-9-17-37/h1-32H. The molecule has 0 bridgehead atoms. The Morgan fingerprint density at radius 1 is 0.302 bits per heavy atom. The van der Waals surface area contributed by atoms with E-state index >= 15 is 0 Å². The van der Waals surface area contributed by atoms with Crippen LogP contribution in [0.5, 0.6) is 0 Å². The topological polar surface area (TPSA) is 43.6 Å². The predicted molar refractivity (Wildman–Crippen MR) is 219 cm³/mol. The Labute approximate surface area is 307 Å². The second-order valence-electron chi connectivity index (χ2n) is 13.3. The zero-order valence-corrected chi connectivity index (χ0v) is 28.8. The van der Waals surface area contributed by atoms with Crippen LogP contribution in [-0.2, 0) is 0 Å². The lowest BCUT2D eigenvalue weighted by Crippen LogP contribution is -2.00. The summed E-state index contributed by atoms with van der Waals surface area (Å²) >= 11 is 0. The second-order valence-corrected chi connectivity index (χ2v) is 13.3. The molecule has 53 heavy (non-hydrogen) atoms. The Morgan fingerprint density at radius 2 is 0.755 bits per heavy atom. The number of fused-ring (bicyclic) bond motifs is 5. The lowest BCUT2D eigenvalue weighted by Gasteiger charge is -2.11. The Bertz CT molecular complexity index is 2840. The van der Waals surface area contributed by atoms with Gasteiger partial charge in [-0.3, -0.25) is 0 Å². The van der Waals surface area contributed by atoms with Crippen LogP contribution in [0.2, 0.25) is 0 Å². The Balaban J connectivity index is 1.05. The van der Waals surface area contributed by atoms with Gasteiger partial charge < -0.3 is 4.57 Å². The highest BCUT2D eigenvalue weighted by atomic mass is 15.0. The summed E-state index contributed by atoms with van der Waals surface area (Å²) in [6.45, 7) is 0. The molecule has 4 heteroatoms. The van der Waals surface area contributed by atoms with E-state index in [0.29, 0.717) is 17.5 Å². The van der Waals surface area contributed by atoms with Gasteiger partial charge in [-0.2, -0.15) is 0 Å². The third kappa shape index (κ3) is 5.54. The van der Waals surface area contributed by atoms with Crippen molar-refractivity contribution in [3.05, 3.63) is 194 Å². The Kier molecular flexibility index (Phi) is 7.43. The molecule has 0 atom stereocenters. The quantitative estimate of drug-likeness (QED) is 0.176. The van der Waals surface area contributed by atoms with Gasteiger partial charge >= 0.3 is 0 Å². The van der Waals surface area contributed by atoms with Crippen LogP contribution in [-0.4, -0.2) is 19.5 Å². The number of hydrogen-bond donors (Lipinski definition) is 0. The van der Waals surface area contributed by atoms with Crippen molar-refractivity contribution in [3.8, 4) is 62.1 Å². The number of para-hydroxylation sites is 1. The van der Waals surface area contributed by atoms with Gasteiger partial charge in [0.1, 0.15) is 0 Å². The third-order valence-electron chi connectivity index (χ3n) is 10.1. The average molecular weight is 677 g/mol. The van der Waals surface area contributed by atoms with Crippen LogP contribution in [0.1, 0.15) is 0 Å². The van der Waals surface area contributed by atoms with Gasteiger partial charge in [-0.1, -0.05) is 152 Å². The van der Waals surface area contributed by atoms with E-state index in [1.165, 1.54) is 54.8 Å². The first-order valence-electron chi connectivity index (χ1n) is 17.9. The molecule has 10 rings (SSSR count). The maximum atomic E-state index is 4.94. The first-order chi connectivity index (χ1) is 26.3. The van der Waals surface area contributed by atoms with Crippen LogP contribution >= 0.6 is 0 Å². The van der Waals surface area contributed by atoms with Crippen LogP contribution in [0, 0.1) is 0 Å². The summed E-state index contributed by atoms with van der Waals surface area (Å²) in [5, 5.41) is 4.95. The van der Waals surface area contributed by atoms with Crippen molar-refractivity contribution in [3.63, 3.8) is 0 Å². The molecule has 8 aromatic carbocycles. The zero-order valence-electron chi connectivity index (χ0n) is 28.8. The van der Waals surface area contributed by atoms with Crippen molar-refractivity contribution in [1.29, 1.82) is 0 Å². The molecule has 0 aliphatic heterocycles. The van der Waals surface area contributed by atoms with Crippen molar-refractivity contribution in [2.45, 2.75) is 0 Å². The van der Waals surface area contributed by atoms with Crippen molar-refractivity contribution in [2.24, 2.45) is 0 Å². The Hall–Kier alpha value is -7.17. The molecule has 0 spiro atoms. The second kappa shape index (κ2) is 12.9. The van der Waals surface area contributed by atoms with Crippen molar-refractivity contribution < 1.29 is 0 Å². The number of aromatic nitrogens is 4. The molecule has 0 amide bonds. The molecular formula is C49H32N4. The monoisotopic (exact) mass is 676 g/mol. The molecule has 2 aromatic heterocycles. The minimum atomic E-state index is 0.642. The van der Waals surface area contributed by atoms with Crippen LogP contribution in [0.15, 0.2) is 194 Å².